The molecule has 2 amide bonds. The van der Waals surface area contributed by atoms with Gasteiger partial charge in [0.1, 0.15) is 6.29 Å². The summed E-state index contributed by atoms with van der Waals surface area (Å²) >= 11 is 0. The van der Waals surface area contributed by atoms with E-state index in [-0.39, 0.29) is 36.0 Å². The molecule has 3 saturated heterocycles. The highest BCUT2D eigenvalue weighted by atomic mass is 16.2. The van der Waals surface area contributed by atoms with E-state index in [4.69, 9.17) is 5.73 Å². The van der Waals surface area contributed by atoms with Crippen LogP contribution in [0.3, 0.4) is 0 Å². The number of rotatable bonds is 7. The van der Waals surface area contributed by atoms with Crippen molar-refractivity contribution in [3.8, 4) is 0 Å². The molecule has 174 valence electrons. The van der Waals surface area contributed by atoms with Gasteiger partial charge in [0.2, 0.25) is 11.8 Å². The molecule has 9 nitrogen and oxygen atoms in total. The molecule has 32 heavy (non-hydrogen) atoms. The highest BCUT2D eigenvalue weighted by Crippen LogP contribution is 2.24. The van der Waals surface area contributed by atoms with E-state index in [1.54, 1.807) is 0 Å². The molecule has 9 heteroatoms. The number of piperidine rings is 2. The second-order valence-electron chi connectivity index (χ2n) is 9.12. The number of carbonyl (C=O) groups excluding carboxylic acids is 3. The van der Waals surface area contributed by atoms with Crippen LogP contribution in [0.4, 0.5) is 11.4 Å². The SMILES string of the molecule is NC1CCN(C(CC=O)C2CN(c3ccc(NC4CC(=O)NC(=O)C4)cc3)CCN2)CC1. The number of hydrogen-bond donors (Lipinski definition) is 4. The Hall–Kier alpha value is -2.49. The van der Waals surface area contributed by atoms with E-state index in [0.717, 1.165) is 63.2 Å². The Morgan fingerprint density at radius 1 is 1.09 bits per heavy atom. The zero-order valence-electron chi connectivity index (χ0n) is 18.5. The smallest absolute Gasteiger partial charge is 0.228 e. The van der Waals surface area contributed by atoms with Gasteiger partial charge in [0.05, 0.1) is 0 Å². The zero-order valence-corrected chi connectivity index (χ0v) is 18.5. The summed E-state index contributed by atoms with van der Waals surface area (Å²) in [5.74, 6) is -0.467. The van der Waals surface area contributed by atoms with E-state index >= 15 is 0 Å². The Kier molecular flexibility index (Phi) is 7.39. The first-order chi connectivity index (χ1) is 15.5. The van der Waals surface area contributed by atoms with Crippen molar-refractivity contribution < 1.29 is 14.4 Å². The second-order valence-corrected chi connectivity index (χ2v) is 9.12. The lowest BCUT2D eigenvalue weighted by Gasteiger charge is -2.44. The fourth-order valence-electron chi connectivity index (χ4n) is 5.07. The van der Waals surface area contributed by atoms with Crippen LogP contribution in [-0.2, 0) is 14.4 Å². The monoisotopic (exact) mass is 442 g/mol. The summed E-state index contributed by atoms with van der Waals surface area (Å²) in [6.07, 6.45) is 4.12. The lowest BCUT2D eigenvalue weighted by molar-refractivity contribution is -0.133. The first kappa shape index (κ1) is 22.7. The number of aldehydes is 1. The number of nitrogens with zero attached hydrogens (tertiary/aromatic N) is 2. The average Bonchev–Trinajstić information content (AvgIpc) is 2.78. The van der Waals surface area contributed by atoms with Gasteiger partial charge in [-0.15, -0.1) is 0 Å². The van der Waals surface area contributed by atoms with Gasteiger partial charge in [-0.2, -0.15) is 0 Å². The van der Waals surface area contributed by atoms with Crippen LogP contribution in [0.1, 0.15) is 32.1 Å². The van der Waals surface area contributed by atoms with E-state index < -0.39 is 0 Å². The van der Waals surface area contributed by atoms with Gasteiger partial charge in [0, 0.05) is 74.4 Å². The Balaban J connectivity index is 1.37. The summed E-state index contributed by atoms with van der Waals surface area (Å²) in [7, 11) is 0. The molecule has 0 radical (unpaired) electrons. The summed E-state index contributed by atoms with van der Waals surface area (Å²) in [4.78, 5) is 39.4. The van der Waals surface area contributed by atoms with Crippen LogP contribution in [0.15, 0.2) is 24.3 Å². The number of imide groups is 1. The number of piperazine rings is 1. The van der Waals surface area contributed by atoms with E-state index in [9.17, 15) is 14.4 Å². The third-order valence-electron chi connectivity index (χ3n) is 6.80. The number of anilines is 2. The van der Waals surface area contributed by atoms with Crippen molar-refractivity contribution >= 4 is 29.5 Å². The molecular formula is C23H34N6O3. The number of benzene rings is 1. The van der Waals surface area contributed by atoms with Crippen LogP contribution in [0.5, 0.6) is 0 Å². The van der Waals surface area contributed by atoms with Crippen LogP contribution >= 0.6 is 0 Å². The zero-order chi connectivity index (χ0) is 22.5. The third-order valence-corrected chi connectivity index (χ3v) is 6.80. The summed E-state index contributed by atoms with van der Waals surface area (Å²) in [5, 5.41) is 9.26. The van der Waals surface area contributed by atoms with E-state index in [2.05, 4.69) is 37.9 Å². The second kappa shape index (κ2) is 10.4. The normalized spacial score (nSPS) is 24.8. The molecule has 0 saturated carbocycles. The molecule has 0 spiro atoms. The third kappa shape index (κ3) is 5.65. The van der Waals surface area contributed by atoms with Crippen LogP contribution < -0.4 is 26.6 Å². The van der Waals surface area contributed by atoms with Gasteiger partial charge < -0.3 is 26.1 Å². The van der Waals surface area contributed by atoms with Crippen LogP contribution in [-0.4, -0.2) is 79.9 Å². The lowest BCUT2D eigenvalue weighted by Crippen LogP contribution is -2.61. The van der Waals surface area contributed by atoms with E-state index in [0.29, 0.717) is 19.3 Å². The fourth-order valence-corrected chi connectivity index (χ4v) is 5.07. The molecule has 4 rings (SSSR count). The van der Waals surface area contributed by atoms with Gasteiger partial charge in [-0.05, 0) is 50.2 Å². The number of nitrogens with one attached hydrogen (secondary N) is 3. The molecule has 3 aliphatic rings. The van der Waals surface area contributed by atoms with Crippen molar-refractivity contribution in [1.82, 2.24) is 15.5 Å². The van der Waals surface area contributed by atoms with Crippen molar-refractivity contribution in [2.24, 2.45) is 5.73 Å². The number of likely N-dealkylation sites (tertiary alicyclic amines) is 1. The molecule has 0 bridgehead atoms. The van der Waals surface area contributed by atoms with Crippen molar-refractivity contribution in [1.29, 1.82) is 0 Å². The number of hydrogen-bond acceptors (Lipinski definition) is 8. The fraction of sp³-hybridized carbons (Fsp3) is 0.609. The lowest BCUT2D eigenvalue weighted by atomic mass is 9.96. The molecule has 1 aromatic rings. The Morgan fingerprint density at radius 2 is 1.78 bits per heavy atom. The quantitative estimate of drug-likeness (QED) is 0.346. The predicted molar refractivity (Wildman–Crippen MR) is 123 cm³/mol. The van der Waals surface area contributed by atoms with Gasteiger partial charge >= 0.3 is 0 Å². The molecule has 1 aromatic carbocycles. The maximum Gasteiger partial charge on any atom is 0.228 e. The minimum absolute atomic E-state index is 0.174. The molecule has 3 heterocycles. The highest BCUT2D eigenvalue weighted by Gasteiger charge is 2.32. The van der Waals surface area contributed by atoms with E-state index in [1.807, 2.05) is 12.1 Å². The first-order valence-corrected chi connectivity index (χ1v) is 11.6. The standard InChI is InChI=1S/C23H34N6O3/c24-16-5-9-28(10-6-16)21(7-12-30)20-15-29(11-8-25-20)19-3-1-17(2-4-19)26-18-13-22(31)27-23(32)14-18/h1-4,12,16,18,20-21,25-26H,5-11,13-15,24H2,(H,27,31,32). The number of nitrogens with two attached hydrogens (primary N) is 1. The first-order valence-electron chi connectivity index (χ1n) is 11.6. The molecule has 0 aromatic heterocycles. The topological polar surface area (TPSA) is 120 Å². The van der Waals surface area contributed by atoms with E-state index in [1.165, 1.54) is 0 Å². The number of carbonyl (C=O) groups is 3. The maximum atomic E-state index is 11.6. The van der Waals surface area contributed by atoms with Crippen molar-refractivity contribution in [2.75, 3.05) is 42.9 Å². The average molecular weight is 443 g/mol. The predicted octanol–water partition coefficient (Wildman–Crippen LogP) is 0.0626. The van der Waals surface area contributed by atoms with Gasteiger partial charge in [-0.25, -0.2) is 0 Å². The largest absolute Gasteiger partial charge is 0.381 e. The Labute approximate surface area is 189 Å². The molecule has 5 N–H and O–H groups in total. The van der Waals surface area contributed by atoms with Crippen LogP contribution in [0.25, 0.3) is 0 Å². The molecule has 3 fully saturated rings. The maximum absolute atomic E-state index is 11.6. The van der Waals surface area contributed by atoms with Crippen LogP contribution in [0.2, 0.25) is 0 Å². The van der Waals surface area contributed by atoms with Crippen molar-refractivity contribution in [2.45, 2.75) is 56.3 Å². The molecule has 2 atom stereocenters. The van der Waals surface area contributed by atoms with Crippen molar-refractivity contribution in [3.05, 3.63) is 24.3 Å². The minimum atomic E-state index is -0.234. The minimum Gasteiger partial charge on any atom is -0.381 e. The van der Waals surface area contributed by atoms with Gasteiger partial charge in [-0.3, -0.25) is 19.8 Å². The number of amides is 2. The Morgan fingerprint density at radius 3 is 2.44 bits per heavy atom. The summed E-state index contributed by atoms with van der Waals surface area (Å²) in [6.45, 7) is 4.50. The molecule has 3 aliphatic heterocycles. The summed E-state index contributed by atoms with van der Waals surface area (Å²) in [6, 6.07) is 8.64. The molecule has 2 unspecified atom stereocenters. The highest BCUT2D eigenvalue weighted by molar-refractivity contribution is 5.98. The van der Waals surface area contributed by atoms with Crippen molar-refractivity contribution in [3.63, 3.8) is 0 Å². The van der Waals surface area contributed by atoms with Gasteiger partial charge in [-0.1, -0.05) is 0 Å². The molecule has 0 aliphatic carbocycles. The van der Waals surface area contributed by atoms with Gasteiger partial charge in [0.15, 0.2) is 0 Å². The van der Waals surface area contributed by atoms with Gasteiger partial charge in [0.25, 0.3) is 0 Å². The summed E-state index contributed by atoms with van der Waals surface area (Å²) < 4.78 is 0. The van der Waals surface area contributed by atoms with Crippen LogP contribution in [0, 0.1) is 0 Å². The molecular weight excluding hydrogens is 408 g/mol. The summed E-state index contributed by atoms with van der Waals surface area (Å²) in [5.41, 5.74) is 8.10. The Bertz CT molecular complexity index is 792.